The number of ether oxygens (including phenoxy) is 2. The summed E-state index contributed by atoms with van der Waals surface area (Å²) >= 11 is 9.70. The number of nitrogens with zero attached hydrogens (tertiary/aromatic N) is 2. The van der Waals surface area contributed by atoms with E-state index < -0.39 is 0 Å². The molecule has 26 heavy (non-hydrogen) atoms. The van der Waals surface area contributed by atoms with Crippen molar-refractivity contribution in [1.29, 1.82) is 0 Å². The van der Waals surface area contributed by atoms with Crippen molar-refractivity contribution < 1.29 is 14.3 Å². The number of carbonyl (C=O) groups is 1. The fraction of sp³-hybridized carbons (Fsp3) is 0.368. The number of carbonyl (C=O) groups excluding carboxylic acids is 1. The molecule has 0 saturated heterocycles. The summed E-state index contributed by atoms with van der Waals surface area (Å²) in [5.41, 5.74) is 0.412. The first-order valence-corrected chi connectivity index (χ1v) is 9.48. The lowest BCUT2D eigenvalue weighted by molar-refractivity contribution is 0.0987. The summed E-state index contributed by atoms with van der Waals surface area (Å²) in [6, 6.07) is 6.87. The first kappa shape index (κ1) is 20.5. The third-order valence-electron chi connectivity index (χ3n) is 3.59. The maximum atomic E-state index is 13.0. The standard InChI is InChI=1S/C19H22BrClN2O3/c1-5-23(17-7-6-14(20)10-22-17)19(24)13-8-15(21)18(16(9-13)25-4)26-11-12(2)3/h6-10,12H,5,11H2,1-4H3. The van der Waals surface area contributed by atoms with Crippen LogP contribution in [0.1, 0.15) is 31.1 Å². The van der Waals surface area contributed by atoms with Gasteiger partial charge in [-0.05, 0) is 53.0 Å². The van der Waals surface area contributed by atoms with Crippen LogP contribution in [0.25, 0.3) is 0 Å². The van der Waals surface area contributed by atoms with E-state index in [1.54, 1.807) is 29.3 Å². The molecule has 1 amide bonds. The number of aromatic nitrogens is 1. The lowest BCUT2D eigenvalue weighted by atomic mass is 10.1. The molecule has 1 aromatic carbocycles. The molecule has 0 aliphatic carbocycles. The van der Waals surface area contributed by atoms with Crippen molar-refractivity contribution in [3.63, 3.8) is 0 Å². The molecular formula is C19H22BrClN2O3. The monoisotopic (exact) mass is 440 g/mol. The number of anilines is 1. The number of rotatable bonds is 7. The molecule has 0 aliphatic rings. The van der Waals surface area contributed by atoms with Crippen molar-refractivity contribution in [3.05, 3.63) is 45.5 Å². The van der Waals surface area contributed by atoms with Crippen LogP contribution >= 0.6 is 27.5 Å². The quantitative estimate of drug-likeness (QED) is 0.592. The molecule has 0 spiro atoms. The van der Waals surface area contributed by atoms with Gasteiger partial charge in [-0.1, -0.05) is 25.4 Å². The van der Waals surface area contributed by atoms with Gasteiger partial charge in [-0.2, -0.15) is 0 Å². The van der Waals surface area contributed by atoms with E-state index in [4.69, 9.17) is 21.1 Å². The van der Waals surface area contributed by atoms with Gasteiger partial charge in [0.2, 0.25) is 0 Å². The van der Waals surface area contributed by atoms with Crippen molar-refractivity contribution in [3.8, 4) is 11.5 Å². The summed E-state index contributed by atoms with van der Waals surface area (Å²) in [6.07, 6.45) is 1.65. The molecule has 0 radical (unpaired) electrons. The van der Waals surface area contributed by atoms with Gasteiger partial charge >= 0.3 is 0 Å². The molecule has 7 heteroatoms. The Kier molecular flexibility index (Phi) is 7.29. The van der Waals surface area contributed by atoms with E-state index in [9.17, 15) is 4.79 Å². The van der Waals surface area contributed by atoms with Gasteiger partial charge < -0.3 is 9.47 Å². The molecule has 0 aliphatic heterocycles. The number of pyridine rings is 1. The van der Waals surface area contributed by atoms with Gasteiger partial charge in [0.05, 0.1) is 18.7 Å². The summed E-state index contributed by atoms with van der Waals surface area (Å²) in [5, 5.41) is 0.341. The smallest absolute Gasteiger partial charge is 0.259 e. The second kappa shape index (κ2) is 9.24. The summed E-state index contributed by atoms with van der Waals surface area (Å²) in [4.78, 5) is 18.9. The van der Waals surface area contributed by atoms with Crippen molar-refractivity contribution in [2.75, 3.05) is 25.2 Å². The van der Waals surface area contributed by atoms with Gasteiger partial charge in [-0.15, -0.1) is 0 Å². The second-order valence-corrected chi connectivity index (χ2v) is 7.40. The average molecular weight is 442 g/mol. The van der Waals surface area contributed by atoms with Crippen LogP contribution in [0.2, 0.25) is 5.02 Å². The fourth-order valence-electron chi connectivity index (χ4n) is 2.33. The maximum Gasteiger partial charge on any atom is 0.259 e. The zero-order valence-corrected chi connectivity index (χ0v) is 17.6. The van der Waals surface area contributed by atoms with Crippen molar-refractivity contribution in [2.24, 2.45) is 5.92 Å². The highest BCUT2D eigenvalue weighted by Crippen LogP contribution is 2.37. The second-order valence-electron chi connectivity index (χ2n) is 6.08. The van der Waals surface area contributed by atoms with Crippen molar-refractivity contribution >= 4 is 39.3 Å². The molecule has 5 nitrogen and oxygen atoms in total. The maximum absolute atomic E-state index is 13.0. The first-order valence-electron chi connectivity index (χ1n) is 8.31. The Labute approximate surface area is 167 Å². The fourth-order valence-corrected chi connectivity index (χ4v) is 2.83. The molecule has 1 heterocycles. The van der Waals surface area contributed by atoms with Crippen LogP contribution in [0.5, 0.6) is 11.5 Å². The molecular weight excluding hydrogens is 420 g/mol. The van der Waals surface area contributed by atoms with Gasteiger partial charge in [-0.3, -0.25) is 9.69 Å². The Balaban J connectivity index is 2.35. The van der Waals surface area contributed by atoms with Crippen LogP contribution in [0, 0.1) is 5.92 Å². The topological polar surface area (TPSA) is 51.7 Å². The third kappa shape index (κ3) is 4.89. The molecule has 1 aromatic heterocycles. The third-order valence-corrected chi connectivity index (χ3v) is 4.34. The first-order chi connectivity index (χ1) is 12.4. The lowest BCUT2D eigenvalue weighted by Gasteiger charge is -2.21. The molecule has 0 unspecified atom stereocenters. The predicted octanol–water partition coefficient (Wildman–Crippen LogP) is 5.21. The Morgan fingerprint density at radius 1 is 1.35 bits per heavy atom. The predicted molar refractivity (Wildman–Crippen MR) is 108 cm³/mol. The molecule has 0 fully saturated rings. The van der Waals surface area contributed by atoms with Crippen LogP contribution in [0.15, 0.2) is 34.9 Å². The normalized spacial score (nSPS) is 10.7. The van der Waals surface area contributed by atoms with Gasteiger partial charge in [0.15, 0.2) is 11.5 Å². The minimum absolute atomic E-state index is 0.210. The molecule has 2 aromatic rings. The molecule has 0 atom stereocenters. The average Bonchev–Trinajstić information content (AvgIpc) is 2.61. The molecule has 0 bridgehead atoms. The van der Waals surface area contributed by atoms with E-state index >= 15 is 0 Å². The van der Waals surface area contributed by atoms with E-state index in [1.807, 2.05) is 26.8 Å². The number of hydrogen-bond donors (Lipinski definition) is 0. The van der Waals surface area contributed by atoms with E-state index in [0.29, 0.717) is 47.0 Å². The van der Waals surface area contributed by atoms with Gasteiger partial charge in [0.1, 0.15) is 5.82 Å². The summed E-state index contributed by atoms with van der Waals surface area (Å²) in [5.74, 6) is 1.58. The van der Waals surface area contributed by atoms with Gasteiger partial charge in [0, 0.05) is 22.8 Å². The van der Waals surface area contributed by atoms with Gasteiger partial charge in [-0.25, -0.2) is 4.98 Å². The Morgan fingerprint density at radius 3 is 2.62 bits per heavy atom. The Hall–Kier alpha value is -1.79. The molecule has 2 rings (SSSR count). The molecule has 0 saturated carbocycles. The number of halogens is 2. The Morgan fingerprint density at radius 2 is 2.08 bits per heavy atom. The van der Waals surface area contributed by atoms with Crippen LogP contribution in [-0.2, 0) is 0 Å². The minimum atomic E-state index is -0.210. The van der Waals surface area contributed by atoms with Crippen LogP contribution < -0.4 is 14.4 Å². The van der Waals surface area contributed by atoms with Crippen molar-refractivity contribution in [1.82, 2.24) is 4.98 Å². The summed E-state index contributed by atoms with van der Waals surface area (Å²) < 4.78 is 12.0. The van der Waals surface area contributed by atoms with Crippen molar-refractivity contribution in [2.45, 2.75) is 20.8 Å². The van der Waals surface area contributed by atoms with Crippen LogP contribution in [0.4, 0.5) is 5.82 Å². The highest BCUT2D eigenvalue weighted by molar-refractivity contribution is 9.10. The number of amides is 1. The van der Waals surface area contributed by atoms with E-state index in [0.717, 1.165) is 4.47 Å². The Bertz CT molecular complexity index is 766. The van der Waals surface area contributed by atoms with Crippen LogP contribution in [-0.4, -0.2) is 31.2 Å². The summed E-state index contributed by atoms with van der Waals surface area (Å²) in [7, 11) is 1.52. The molecule has 0 N–H and O–H groups in total. The number of methoxy groups -OCH3 is 1. The van der Waals surface area contributed by atoms with E-state index in [2.05, 4.69) is 20.9 Å². The highest BCUT2D eigenvalue weighted by Gasteiger charge is 2.21. The zero-order valence-electron chi connectivity index (χ0n) is 15.3. The highest BCUT2D eigenvalue weighted by atomic mass is 79.9. The molecule has 140 valence electrons. The summed E-state index contributed by atoms with van der Waals surface area (Å²) in [6.45, 7) is 6.96. The number of benzene rings is 1. The van der Waals surface area contributed by atoms with Gasteiger partial charge in [0.25, 0.3) is 5.91 Å². The van der Waals surface area contributed by atoms with Crippen LogP contribution in [0.3, 0.4) is 0 Å². The van der Waals surface area contributed by atoms with E-state index in [-0.39, 0.29) is 5.91 Å². The SMILES string of the molecule is CCN(C(=O)c1cc(Cl)c(OCC(C)C)c(OC)c1)c1ccc(Br)cn1. The lowest BCUT2D eigenvalue weighted by Crippen LogP contribution is -2.31. The number of hydrogen-bond acceptors (Lipinski definition) is 4. The minimum Gasteiger partial charge on any atom is -0.493 e. The zero-order chi connectivity index (χ0) is 19.3. The van der Waals surface area contributed by atoms with E-state index in [1.165, 1.54) is 7.11 Å². The largest absolute Gasteiger partial charge is 0.493 e.